The Morgan fingerprint density at radius 2 is 2.00 bits per heavy atom. The smallest absolute Gasteiger partial charge is 0.323 e. The fourth-order valence-electron chi connectivity index (χ4n) is 3.57. The summed E-state index contributed by atoms with van der Waals surface area (Å²) in [6.45, 7) is -0.304. The fourth-order valence-corrected chi connectivity index (χ4v) is 3.57. The third-order valence-electron chi connectivity index (χ3n) is 5.30. The zero-order chi connectivity index (χ0) is 19.7. The molecule has 3 aromatic rings. The molecule has 0 atom stereocenters. The molecule has 1 aliphatic heterocycles. The number of nitrogens with one attached hydrogen (secondary N) is 2. The Morgan fingerprint density at radius 3 is 2.75 bits per heavy atom. The number of urea groups is 1. The number of aromatic amines is 1. The molecule has 0 bridgehead atoms. The predicted octanol–water partition coefficient (Wildman–Crippen LogP) is 3.69. The van der Waals surface area contributed by atoms with E-state index in [2.05, 4.69) is 15.5 Å². The number of hydrogen-bond donors (Lipinski definition) is 3. The summed E-state index contributed by atoms with van der Waals surface area (Å²) in [4.78, 5) is 14.2. The number of benzene rings is 2. The minimum absolute atomic E-state index is 0.0727. The Kier molecular flexibility index (Phi) is 4.72. The van der Waals surface area contributed by atoms with Gasteiger partial charge in [-0.25, -0.2) is 13.6 Å². The molecule has 2 amide bonds. The van der Waals surface area contributed by atoms with E-state index in [1.54, 1.807) is 4.90 Å². The van der Waals surface area contributed by atoms with Crippen LogP contribution < -0.4 is 5.32 Å². The van der Waals surface area contributed by atoms with Crippen LogP contribution in [0.3, 0.4) is 0 Å². The van der Waals surface area contributed by atoms with Crippen LogP contribution in [0.4, 0.5) is 19.4 Å². The molecule has 0 radical (unpaired) electrons. The highest BCUT2D eigenvalue weighted by molar-refractivity contribution is 5.98. The van der Waals surface area contributed by atoms with Crippen LogP contribution in [-0.4, -0.2) is 39.3 Å². The van der Waals surface area contributed by atoms with E-state index in [-0.39, 0.29) is 24.4 Å². The number of carbonyl (C=O) groups is 1. The largest absolute Gasteiger partial charge is 0.385 e. The second-order valence-electron chi connectivity index (χ2n) is 7.01. The molecule has 0 saturated carbocycles. The maximum absolute atomic E-state index is 13.5. The summed E-state index contributed by atoms with van der Waals surface area (Å²) in [5, 5.41) is 21.5. The summed E-state index contributed by atoms with van der Waals surface area (Å²) in [6, 6.07) is 11.2. The molecule has 0 unspecified atom stereocenters. The van der Waals surface area contributed by atoms with Crippen LogP contribution in [-0.2, 0) is 12.3 Å². The van der Waals surface area contributed by atoms with Gasteiger partial charge in [0.15, 0.2) is 5.82 Å². The summed E-state index contributed by atoms with van der Waals surface area (Å²) in [7, 11) is 0. The van der Waals surface area contributed by atoms with Crippen molar-refractivity contribution in [2.45, 2.75) is 25.1 Å². The van der Waals surface area contributed by atoms with E-state index in [0.29, 0.717) is 24.5 Å². The van der Waals surface area contributed by atoms with Crippen LogP contribution >= 0.6 is 0 Å². The molecular formula is C20H20F2N4O2. The zero-order valence-electron chi connectivity index (χ0n) is 15.1. The highest BCUT2D eigenvalue weighted by Gasteiger charge is 2.36. The van der Waals surface area contributed by atoms with Gasteiger partial charge in [-0.3, -0.25) is 10.4 Å². The van der Waals surface area contributed by atoms with Crippen LogP contribution in [0, 0.1) is 5.82 Å². The second-order valence-corrected chi connectivity index (χ2v) is 7.01. The number of aliphatic hydroxyl groups is 1. The molecule has 2 heterocycles. The van der Waals surface area contributed by atoms with E-state index in [1.807, 2.05) is 24.3 Å². The van der Waals surface area contributed by atoms with Crippen LogP contribution in [0.25, 0.3) is 10.9 Å². The number of piperidine rings is 1. The SMILES string of the molecule is O=C(Nc1n[nH]c2ccccc12)N1CCC(O)(c2ccc(F)c(CF)c2)CC1. The van der Waals surface area contributed by atoms with Gasteiger partial charge in [0, 0.05) is 24.0 Å². The topological polar surface area (TPSA) is 81.2 Å². The number of alkyl halides is 1. The Labute approximate surface area is 160 Å². The van der Waals surface area contributed by atoms with Gasteiger partial charge < -0.3 is 10.0 Å². The lowest BCUT2D eigenvalue weighted by atomic mass is 9.84. The Balaban J connectivity index is 1.44. The summed E-state index contributed by atoms with van der Waals surface area (Å²) in [6.07, 6.45) is 0.554. The lowest BCUT2D eigenvalue weighted by molar-refractivity contribution is -0.0158. The minimum atomic E-state index is -1.21. The van der Waals surface area contributed by atoms with Crippen molar-refractivity contribution >= 4 is 22.8 Å². The molecule has 1 fully saturated rings. The normalized spacial score (nSPS) is 16.3. The maximum atomic E-state index is 13.5. The third kappa shape index (κ3) is 3.31. The van der Waals surface area contributed by atoms with E-state index < -0.39 is 18.1 Å². The average molecular weight is 386 g/mol. The first-order valence-corrected chi connectivity index (χ1v) is 9.06. The minimum Gasteiger partial charge on any atom is -0.385 e. The second kappa shape index (κ2) is 7.20. The first-order valence-electron chi connectivity index (χ1n) is 9.06. The van der Waals surface area contributed by atoms with Crippen molar-refractivity contribution in [1.29, 1.82) is 0 Å². The van der Waals surface area contributed by atoms with Crippen molar-refractivity contribution < 1.29 is 18.7 Å². The summed E-state index contributed by atoms with van der Waals surface area (Å²) in [5.41, 5.74) is 0.00942. The fraction of sp³-hybridized carbons (Fsp3) is 0.300. The molecule has 6 nitrogen and oxygen atoms in total. The van der Waals surface area contributed by atoms with Crippen molar-refractivity contribution in [2.75, 3.05) is 18.4 Å². The van der Waals surface area contributed by atoms with Gasteiger partial charge in [0.05, 0.1) is 11.1 Å². The highest BCUT2D eigenvalue weighted by Crippen LogP contribution is 2.34. The van der Waals surface area contributed by atoms with Gasteiger partial charge in [-0.05, 0) is 42.7 Å². The van der Waals surface area contributed by atoms with Crippen molar-refractivity contribution in [3.63, 3.8) is 0 Å². The first-order chi connectivity index (χ1) is 13.5. The summed E-state index contributed by atoms with van der Waals surface area (Å²) < 4.78 is 26.5. The third-order valence-corrected chi connectivity index (χ3v) is 5.30. The van der Waals surface area contributed by atoms with Crippen LogP contribution in [0.2, 0.25) is 0 Å². The van der Waals surface area contributed by atoms with Crippen molar-refractivity contribution in [3.8, 4) is 0 Å². The van der Waals surface area contributed by atoms with E-state index >= 15 is 0 Å². The van der Waals surface area contributed by atoms with Crippen molar-refractivity contribution in [1.82, 2.24) is 15.1 Å². The molecule has 1 saturated heterocycles. The number of anilines is 1. The van der Waals surface area contributed by atoms with Gasteiger partial charge in [0.1, 0.15) is 12.5 Å². The molecule has 1 aromatic heterocycles. The maximum Gasteiger partial charge on any atom is 0.323 e. The number of nitrogens with zero attached hydrogens (tertiary/aromatic N) is 2. The molecule has 2 aromatic carbocycles. The van der Waals surface area contributed by atoms with Gasteiger partial charge >= 0.3 is 6.03 Å². The number of likely N-dealkylation sites (tertiary alicyclic amines) is 1. The Bertz CT molecular complexity index is 1010. The lowest BCUT2D eigenvalue weighted by Crippen LogP contribution is -2.46. The van der Waals surface area contributed by atoms with Gasteiger partial charge in [0.25, 0.3) is 0 Å². The number of amides is 2. The number of aromatic nitrogens is 2. The number of halogens is 2. The van der Waals surface area contributed by atoms with Crippen LogP contribution in [0.15, 0.2) is 42.5 Å². The van der Waals surface area contributed by atoms with Crippen molar-refractivity contribution in [2.24, 2.45) is 0 Å². The number of carbonyl (C=O) groups excluding carboxylic acids is 1. The quantitative estimate of drug-likeness (QED) is 0.642. The molecule has 0 aliphatic carbocycles. The zero-order valence-corrected chi connectivity index (χ0v) is 15.1. The average Bonchev–Trinajstić information content (AvgIpc) is 3.11. The summed E-state index contributed by atoms with van der Waals surface area (Å²) >= 11 is 0. The van der Waals surface area contributed by atoms with E-state index in [0.717, 1.165) is 10.9 Å². The molecule has 0 spiro atoms. The highest BCUT2D eigenvalue weighted by atomic mass is 19.1. The monoisotopic (exact) mass is 386 g/mol. The van der Waals surface area contributed by atoms with Gasteiger partial charge in [-0.1, -0.05) is 18.2 Å². The molecule has 1 aliphatic rings. The van der Waals surface area contributed by atoms with Crippen LogP contribution in [0.5, 0.6) is 0 Å². The Hall–Kier alpha value is -3.00. The van der Waals surface area contributed by atoms with Gasteiger partial charge in [-0.15, -0.1) is 0 Å². The number of para-hydroxylation sites is 1. The number of rotatable bonds is 3. The molecule has 3 N–H and O–H groups in total. The number of H-pyrrole nitrogens is 1. The van der Waals surface area contributed by atoms with Crippen LogP contribution in [0.1, 0.15) is 24.0 Å². The van der Waals surface area contributed by atoms with Crippen molar-refractivity contribution in [3.05, 3.63) is 59.4 Å². The number of hydrogen-bond acceptors (Lipinski definition) is 3. The van der Waals surface area contributed by atoms with E-state index in [9.17, 15) is 18.7 Å². The summed E-state index contributed by atoms with van der Waals surface area (Å²) in [5.74, 6) is -0.176. The number of fused-ring (bicyclic) bond motifs is 1. The predicted molar refractivity (Wildman–Crippen MR) is 101 cm³/mol. The standard InChI is InChI=1S/C20H20F2N4O2/c21-12-13-11-14(5-6-16(13)22)20(28)7-9-26(10-8-20)19(27)23-18-15-3-1-2-4-17(15)24-25-18/h1-6,11,28H,7-10,12H2,(H2,23,24,25,27). The Morgan fingerprint density at radius 1 is 1.25 bits per heavy atom. The molecule has 146 valence electrons. The first kappa shape index (κ1) is 18.4. The van der Waals surface area contributed by atoms with Gasteiger partial charge in [-0.2, -0.15) is 5.10 Å². The van der Waals surface area contributed by atoms with E-state index in [4.69, 9.17) is 0 Å². The molecule has 4 rings (SSSR count). The molecule has 28 heavy (non-hydrogen) atoms. The lowest BCUT2D eigenvalue weighted by Gasteiger charge is -2.38. The molecular weight excluding hydrogens is 366 g/mol. The molecule has 8 heteroatoms. The van der Waals surface area contributed by atoms with Gasteiger partial charge in [0.2, 0.25) is 0 Å². The van der Waals surface area contributed by atoms with E-state index in [1.165, 1.54) is 18.2 Å².